The Labute approximate surface area is 146 Å². The first-order chi connectivity index (χ1) is 10.5. The molecule has 1 saturated carbocycles. The summed E-state index contributed by atoms with van der Waals surface area (Å²) in [5, 5.41) is 3.14. The number of nitrogens with two attached hydrogens (primary N) is 1. The Bertz CT molecular complexity index is 487. The first-order valence-electron chi connectivity index (χ1n) is 8.56. The molecule has 3 atom stereocenters. The highest BCUT2D eigenvalue weighted by Gasteiger charge is 2.35. The Balaban J connectivity index is 0.00000264. The van der Waals surface area contributed by atoms with Crippen molar-refractivity contribution in [1.82, 2.24) is 5.32 Å². The van der Waals surface area contributed by atoms with E-state index in [1.165, 1.54) is 12.8 Å². The fourth-order valence-corrected chi connectivity index (χ4v) is 3.62. The maximum atomic E-state index is 12.6. The summed E-state index contributed by atoms with van der Waals surface area (Å²) in [6.45, 7) is 7.92. The topological polar surface area (TPSA) is 55.1 Å². The zero-order chi connectivity index (χ0) is 16.1. The highest BCUT2D eigenvalue weighted by atomic mass is 35.5. The molecule has 0 heterocycles. The summed E-state index contributed by atoms with van der Waals surface area (Å²) in [7, 11) is 0. The van der Waals surface area contributed by atoms with Gasteiger partial charge in [0.25, 0.3) is 0 Å². The monoisotopic (exact) mass is 338 g/mol. The highest BCUT2D eigenvalue weighted by Crippen LogP contribution is 2.38. The zero-order valence-corrected chi connectivity index (χ0v) is 15.4. The molecular formula is C19H31ClN2O. The van der Waals surface area contributed by atoms with Crippen molar-refractivity contribution in [3.63, 3.8) is 0 Å². The largest absolute Gasteiger partial charge is 0.352 e. The normalized spacial score (nSPS) is 24.1. The molecule has 3 N–H and O–H groups in total. The summed E-state index contributed by atoms with van der Waals surface area (Å²) < 4.78 is 0. The van der Waals surface area contributed by atoms with Gasteiger partial charge in [0.05, 0.1) is 0 Å². The van der Waals surface area contributed by atoms with Gasteiger partial charge in [-0.25, -0.2) is 0 Å². The minimum absolute atomic E-state index is 0. The van der Waals surface area contributed by atoms with Gasteiger partial charge >= 0.3 is 0 Å². The van der Waals surface area contributed by atoms with Crippen LogP contribution >= 0.6 is 12.4 Å². The molecule has 0 radical (unpaired) electrons. The van der Waals surface area contributed by atoms with Crippen LogP contribution < -0.4 is 11.1 Å². The molecule has 1 amide bonds. The standard InChI is InChI=1S/C19H30N2O.ClH/c1-13(2)17-9-4-14(3)10-18(17)19(22)21-12-16-7-5-15(11-20)6-8-16;/h5-8,13-14,17-18H,4,9-12,20H2,1-3H3,(H,21,22);1H/t14-,17+,18-;/m1./s1. The molecular weight excluding hydrogens is 308 g/mol. The number of carbonyl (C=O) groups is 1. The molecule has 1 aromatic rings. The summed E-state index contributed by atoms with van der Waals surface area (Å²) in [5.74, 6) is 2.16. The minimum atomic E-state index is 0. The Morgan fingerprint density at radius 1 is 1.22 bits per heavy atom. The molecule has 130 valence electrons. The predicted octanol–water partition coefficient (Wildman–Crippen LogP) is 3.89. The number of hydrogen-bond donors (Lipinski definition) is 2. The lowest BCUT2D eigenvalue weighted by molar-refractivity contribution is -0.129. The van der Waals surface area contributed by atoms with Crippen molar-refractivity contribution in [1.29, 1.82) is 0 Å². The third-order valence-corrected chi connectivity index (χ3v) is 5.08. The van der Waals surface area contributed by atoms with Gasteiger partial charge in [-0.15, -0.1) is 12.4 Å². The summed E-state index contributed by atoms with van der Waals surface area (Å²) in [6.07, 6.45) is 3.47. The number of benzene rings is 1. The molecule has 2 rings (SSSR count). The second-order valence-corrected chi connectivity index (χ2v) is 7.17. The first-order valence-corrected chi connectivity index (χ1v) is 8.56. The molecule has 4 heteroatoms. The molecule has 1 aliphatic carbocycles. The van der Waals surface area contributed by atoms with E-state index in [0.29, 0.717) is 30.8 Å². The number of halogens is 1. The molecule has 0 unspecified atom stereocenters. The Hall–Kier alpha value is -1.06. The predicted molar refractivity (Wildman–Crippen MR) is 98.3 cm³/mol. The van der Waals surface area contributed by atoms with Crippen LogP contribution in [0.4, 0.5) is 0 Å². The van der Waals surface area contributed by atoms with E-state index < -0.39 is 0 Å². The van der Waals surface area contributed by atoms with Crippen LogP contribution in [0.3, 0.4) is 0 Å². The van der Waals surface area contributed by atoms with E-state index in [1.807, 2.05) is 24.3 Å². The van der Waals surface area contributed by atoms with Crippen molar-refractivity contribution in [3.8, 4) is 0 Å². The summed E-state index contributed by atoms with van der Waals surface area (Å²) >= 11 is 0. The van der Waals surface area contributed by atoms with Gasteiger partial charge in [0.1, 0.15) is 0 Å². The van der Waals surface area contributed by atoms with E-state index in [4.69, 9.17) is 5.73 Å². The zero-order valence-electron chi connectivity index (χ0n) is 14.5. The van der Waals surface area contributed by atoms with E-state index in [-0.39, 0.29) is 24.2 Å². The van der Waals surface area contributed by atoms with E-state index in [2.05, 4.69) is 26.1 Å². The Morgan fingerprint density at radius 3 is 2.39 bits per heavy atom. The summed E-state index contributed by atoms with van der Waals surface area (Å²) in [5.41, 5.74) is 7.86. The molecule has 0 aromatic heterocycles. The van der Waals surface area contributed by atoms with Crippen molar-refractivity contribution in [2.75, 3.05) is 0 Å². The Morgan fingerprint density at radius 2 is 1.83 bits per heavy atom. The molecule has 1 fully saturated rings. The van der Waals surface area contributed by atoms with E-state index in [0.717, 1.165) is 17.5 Å². The van der Waals surface area contributed by atoms with Gasteiger partial charge in [-0.1, -0.05) is 51.5 Å². The third-order valence-electron chi connectivity index (χ3n) is 5.08. The van der Waals surface area contributed by atoms with Crippen molar-refractivity contribution in [2.24, 2.45) is 29.4 Å². The molecule has 1 aliphatic rings. The van der Waals surface area contributed by atoms with Crippen molar-refractivity contribution >= 4 is 18.3 Å². The molecule has 1 aromatic carbocycles. The van der Waals surface area contributed by atoms with Crippen LogP contribution in [0.1, 0.15) is 51.2 Å². The van der Waals surface area contributed by atoms with Gasteiger partial charge in [0.15, 0.2) is 0 Å². The van der Waals surface area contributed by atoms with Gasteiger partial charge in [-0.2, -0.15) is 0 Å². The summed E-state index contributed by atoms with van der Waals surface area (Å²) in [6, 6.07) is 8.15. The quantitative estimate of drug-likeness (QED) is 0.855. The van der Waals surface area contributed by atoms with E-state index >= 15 is 0 Å². The third kappa shape index (κ3) is 5.50. The van der Waals surface area contributed by atoms with Crippen molar-refractivity contribution in [3.05, 3.63) is 35.4 Å². The minimum Gasteiger partial charge on any atom is -0.352 e. The van der Waals surface area contributed by atoms with Crippen LogP contribution in [0.5, 0.6) is 0 Å². The number of rotatable bonds is 5. The molecule has 0 saturated heterocycles. The molecule has 0 aliphatic heterocycles. The first kappa shape index (κ1) is 20.0. The van der Waals surface area contributed by atoms with E-state index in [9.17, 15) is 4.79 Å². The maximum absolute atomic E-state index is 12.6. The highest BCUT2D eigenvalue weighted by molar-refractivity contribution is 5.85. The fraction of sp³-hybridized carbons (Fsp3) is 0.632. The summed E-state index contributed by atoms with van der Waals surface area (Å²) in [4.78, 5) is 12.6. The lowest BCUT2D eigenvalue weighted by Crippen LogP contribution is -2.39. The number of amides is 1. The van der Waals surface area contributed by atoms with Crippen LogP contribution in [0.25, 0.3) is 0 Å². The molecule has 0 spiro atoms. The number of hydrogen-bond acceptors (Lipinski definition) is 2. The molecule has 23 heavy (non-hydrogen) atoms. The lowest BCUT2D eigenvalue weighted by Gasteiger charge is -2.36. The molecule has 0 bridgehead atoms. The lowest BCUT2D eigenvalue weighted by atomic mass is 9.70. The SMILES string of the molecule is CC(C)[C@@H]1CC[C@@H](C)C[C@H]1C(=O)NCc1ccc(CN)cc1.Cl. The average Bonchev–Trinajstić information content (AvgIpc) is 2.52. The van der Waals surface area contributed by atoms with Gasteiger partial charge in [-0.05, 0) is 41.7 Å². The fourth-order valence-electron chi connectivity index (χ4n) is 3.62. The van der Waals surface area contributed by atoms with Crippen LogP contribution in [0.15, 0.2) is 24.3 Å². The van der Waals surface area contributed by atoms with Crippen LogP contribution in [-0.4, -0.2) is 5.91 Å². The van der Waals surface area contributed by atoms with Crippen molar-refractivity contribution < 1.29 is 4.79 Å². The van der Waals surface area contributed by atoms with Gasteiger partial charge in [-0.3, -0.25) is 4.79 Å². The van der Waals surface area contributed by atoms with Crippen LogP contribution in [0, 0.1) is 23.7 Å². The van der Waals surface area contributed by atoms with Crippen LogP contribution in [-0.2, 0) is 17.9 Å². The van der Waals surface area contributed by atoms with Crippen LogP contribution in [0.2, 0.25) is 0 Å². The second-order valence-electron chi connectivity index (χ2n) is 7.17. The second kappa shape index (κ2) is 9.29. The maximum Gasteiger partial charge on any atom is 0.223 e. The van der Waals surface area contributed by atoms with Crippen molar-refractivity contribution in [2.45, 2.75) is 53.1 Å². The number of carbonyl (C=O) groups excluding carboxylic acids is 1. The van der Waals surface area contributed by atoms with Gasteiger partial charge in [0, 0.05) is 19.0 Å². The molecule has 3 nitrogen and oxygen atoms in total. The smallest absolute Gasteiger partial charge is 0.223 e. The Kier molecular flexibility index (Phi) is 8.07. The van der Waals surface area contributed by atoms with E-state index in [1.54, 1.807) is 0 Å². The number of nitrogens with one attached hydrogen (secondary N) is 1. The van der Waals surface area contributed by atoms with Gasteiger partial charge in [0.2, 0.25) is 5.91 Å². The average molecular weight is 339 g/mol. The van der Waals surface area contributed by atoms with Gasteiger partial charge < -0.3 is 11.1 Å².